The van der Waals surface area contributed by atoms with Crippen LogP contribution in [-0.2, 0) is 9.84 Å². The highest BCUT2D eigenvalue weighted by molar-refractivity contribution is 7.90. The van der Waals surface area contributed by atoms with E-state index in [1.54, 1.807) is 0 Å². The summed E-state index contributed by atoms with van der Waals surface area (Å²) in [6.07, 6.45) is 7.79. The molecule has 0 aromatic heterocycles. The van der Waals surface area contributed by atoms with Crippen molar-refractivity contribution in [3.63, 3.8) is 0 Å². The molecule has 0 amide bonds. The number of sulfone groups is 1. The van der Waals surface area contributed by atoms with Crippen molar-refractivity contribution in [1.29, 1.82) is 0 Å². The summed E-state index contributed by atoms with van der Waals surface area (Å²) in [5.74, 6) is 0.263. The van der Waals surface area contributed by atoms with Gasteiger partial charge < -0.3 is 10.2 Å². The van der Waals surface area contributed by atoms with Gasteiger partial charge in [-0.2, -0.15) is 0 Å². The van der Waals surface area contributed by atoms with Crippen molar-refractivity contribution in [2.75, 3.05) is 45.7 Å². The molecule has 1 saturated carbocycles. The maximum Gasteiger partial charge on any atom is 0.148 e. The van der Waals surface area contributed by atoms with E-state index in [-0.39, 0.29) is 5.75 Å². The molecule has 0 saturated heterocycles. The van der Waals surface area contributed by atoms with E-state index in [1.165, 1.54) is 38.4 Å². The van der Waals surface area contributed by atoms with Gasteiger partial charge in [-0.15, -0.1) is 0 Å². The Morgan fingerprint density at radius 1 is 1.22 bits per heavy atom. The fourth-order valence-corrected chi connectivity index (χ4v) is 3.68. The van der Waals surface area contributed by atoms with Crippen LogP contribution in [0.4, 0.5) is 0 Å². The summed E-state index contributed by atoms with van der Waals surface area (Å²) in [6, 6.07) is 0. The molecule has 18 heavy (non-hydrogen) atoms. The van der Waals surface area contributed by atoms with Crippen LogP contribution in [-0.4, -0.2) is 59.1 Å². The molecule has 0 atom stereocenters. The molecule has 0 heterocycles. The molecule has 0 aromatic carbocycles. The van der Waals surface area contributed by atoms with Gasteiger partial charge in [-0.1, -0.05) is 19.3 Å². The van der Waals surface area contributed by atoms with Crippen molar-refractivity contribution < 1.29 is 8.42 Å². The molecule has 0 spiro atoms. The molecule has 108 valence electrons. The molecule has 1 fully saturated rings. The van der Waals surface area contributed by atoms with Gasteiger partial charge in [0.05, 0.1) is 5.75 Å². The second kappa shape index (κ2) is 6.87. The van der Waals surface area contributed by atoms with Gasteiger partial charge in [-0.25, -0.2) is 8.42 Å². The smallest absolute Gasteiger partial charge is 0.148 e. The Hall–Kier alpha value is -0.130. The summed E-state index contributed by atoms with van der Waals surface area (Å²) in [5.41, 5.74) is 0.346. The lowest BCUT2D eigenvalue weighted by Crippen LogP contribution is -2.44. The Morgan fingerprint density at radius 3 is 2.33 bits per heavy atom. The van der Waals surface area contributed by atoms with Crippen molar-refractivity contribution in [1.82, 2.24) is 10.2 Å². The van der Waals surface area contributed by atoms with Crippen LogP contribution in [0.15, 0.2) is 0 Å². The monoisotopic (exact) mass is 276 g/mol. The van der Waals surface area contributed by atoms with Crippen molar-refractivity contribution >= 4 is 9.84 Å². The normalized spacial score (nSPS) is 20.2. The van der Waals surface area contributed by atoms with E-state index < -0.39 is 9.84 Å². The van der Waals surface area contributed by atoms with Gasteiger partial charge in [-0.05, 0) is 32.4 Å². The van der Waals surface area contributed by atoms with Gasteiger partial charge in [0.15, 0.2) is 0 Å². The van der Waals surface area contributed by atoms with Crippen LogP contribution in [0.5, 0.6) is 0 Å². The van der Waals surface area contributed by atoms with Crippen LogP contribution in [0.2, 0.25) is 0 Å². The minimum absolute atomic E-state index is 0.263. The van der Waals surface area contributed by atoms with Gasteiger partial charge in [-0.3, -0.25) is 0 Å². The van der Waals surface area contributed by atoms with Crippen LogP contribution in [0.1, 0.15) is 32.1 Å². The van der Waals surface area contributed by atoms with Crippen molar-refractivity contribution in [2.45, 2.75) is 32.1 Å². The lowest BCUT2D eigenvalue weighted by molar-refractivity contribution is 0.123. The van der Waals surface area contributed by atoms with Crippen molar-refractivity contribution in [3.8, 4) is 0 Å². The zero-order valence-corrected chi connectivity index (χ0v) is 12.9. The van der Waals surface area contributed by atoms with Gasteiger partial charge >= 0.3 is 0 Å². The molecule has 1 aliphatic rings. The zero-order valence-electron chi connectivity index (χ0n) is 12.0. The van der Waals surface area contributed by atoms with Crippen LogP contribution in [0.3, 0.4) is 0 Å². The second-order valence-corrected chi connectivity index (χ2v) is 8.22. The SMILES string of the molecule is CNCC1(CN(C)CCS(C)(=O)=O)CCCCC1. The number of nitrogens with zero attached hydrogens (tertiary/aromatic N) is 1. The zero-order chi connectivity index (χ0) is 13.6. The van der Waals surface area contributed by atoms with Gasteiger partial charge in [0.2, 0.25) is 0 Å². The Morgan fingerprint density at radius 2 is 1.83 bits per heavy atom. The first kappa shape index (κ1) is 15.9. The average Bonchev–Trinajstić information content (AvgIpc) is 2.27. The molecular weight excluding hydrogens is 248 g/mol. The molecule has 0 unspecified atom stereocenters. The van der Waals surface area contributed by atoms with Crippen LogP contribution in [0.25, 0.3) is 0 Å². The first-order valence-corrected chi connectivity index (χ1v) is 8.94. The predicted octanol–water partition coefficient (Wildman–Crippen LogP) is 1.13. The molecular formula is C13H28N2O2S. The maximum atomic E-state index is 11.2. The minimum atomic E-state index is -2.85. The van der Waals surface area contributed by atoms with E-state index in [0.717, 1.165) is 13.1 Å². The third-order valence-electron chi connectivity index (χ3n) is 3.92. The predicted molar refractivity (Wildman–Crippen MR) is 76.7 cm³/mol. The minimum Gasteiger partial charge on any atom is -0.319 e. The molecule has 5 heteroatoms. The number of rotatable bonds is 7. The average molecular weight is 276 g/mol. The number of hydrogen-bond donors (Lipinski definition) is 1. The Balaban J connectivity index is 2.49. The Bertz CT molecular complexity index is 329. The molecule has 1 rings (SSSR count). The largest absolute Gasteiger partial charge is 0.319 e. The quantitative estimate of drug-likeness (QED) is 0.757. The molecule has 0 aliphatic heterocycles. The molecule has 0 radical (unpaired) electrons. The fraction of sp³-hybridized carbons (Fsp3) is 1.00. The summed E-state index contributed by atoms with van der Waals surface area (Å²) in [7, 11) is 1.20. The highest BCUT2D eigenvalue weighted by atomic mass is 32.2. The lowest BCUT2D eigenvalue weighted by atomic mass is 9.73. The van der Waals surface area contributed by atoms with Crippen LogP contribution in [0, 0.1) is 5.41 Å². The van der Waals surface area contributed by atoms with Crippen LogP contribution < -0.4 is 5.32 Å². The van der Waals surface area contributed by atoms with Gasteiger partial charge in [0, 0.05) is 25.9 Å². The van der Waals surface area contributed by atoms with Crippen LogP contribution >= 0.6 is 0 Å². The first-order chi connectivity index (χ1) is 8.37. The van der Waals surface area contributed by atoms with Gasteiger partial charge in [0.1, 0.15) is 9.84 Å². The van der Waals surface area contributed by atoms with E-state index in [0.29, 0.717) is 12.0 Å². The Labute approximate surface area is 112 Å². The second-order valence-electron chi connectivity index (χ2n) is 5.96. The maximum absolute atomic E-state index is 11.2. The van der Waals surface area contributed by atoms with E-state index in [1.807, 2.05) is 14.1 Å². The molecule has 0 aromatic rings. The van der Waals surface area contributed by atoms with E-state index in [4.69, 9.17) is 0 Å². The van der Waals surface area contributed by atoms with Gasteiger partial charge in [0.25, 0.3) is 0 Å². The lowest BCUT2D eigenvalue weighted by Gasteiger charge is -2.40. The summed E-state index contributed by atoms with van der Waals surface area (Å²) in [5, 5.41) is 3.31. The highest BCUT2D eigenvalue weighted by Gasteiger charge is 2.32. The third-order valence-corrected chi connectivity index (χ3v) is 4.84. The first-order valence-electron chi connectivity index (χ1n) is 6.88. The standard InChI is InChI=1S/C13H28N2O2S/c1-14-11-13(7-5-4-6-8-13)12-15(2)9-10-18(3,16)17/h14H,4-12H2,1-3H3. The highest BCUT2D eigenvalue weighted by Crippen LogP contribution is 2.36. The van der Waals surface area contributed by atoms with Crippen molar-refractivity contribution in [3.05, 3.63) is 0 Å². The molecule has 1 N–H and O–H groups in total. The number of hydrogen-bond acceptors (Lipinski definition) is 4. The third kappa shape index (κ3) is 5.67. The fourth-order valence-electron chi connectivity index (χ4n) is 3.04. The molecule has 0 bridgehead atoms. The van der Waals surface area contributed by atoms with Crippen molar-refractivity contribution in [2.24, 2.45) is 5.41 Å². The Kier molecular flexibility index (Phi) is 6.08. The van der Waals surface area contributed by atoms with E-state index in [9.17, 15) is 8.42 Å². The molecule has 1 aliphatic carbocycles. The topological polar surface area (TPSA) is 49.4 Å². The summed E-state index contributed by atoms with van der Waals surface area (Å²) >= 11 is 0. The molecule has 4 nitrogen and oxygen atoms in total. The van der Waals surface area contributed by atoms with E-state index in [2.05, 4.69) is 10.2 Å². The summed E-state index contributed by atoms with van der Waals surface area (Å²) in [6.45, 7) is 2.68. The number of nitrogens with one attached hydrogen (secondary N) is 1. The summed E-state index contributed by atoms with van der Waals surface area (Å²) in [4.78, 5) is 2.18. The van der Waals surface area contributed by atoms with E-state index >= 15 is 0 Å². The summed E-state index contributed by atoms with van der Waals surface area (Å²) < 4.78 is 22.4.